The lowest BCUT2D eigenvalue weighted by Crippen LogP contribution is -2.14. The minimum Gasteiger partial charge on any atom is -0.399 e. The molecule has 0 aliphatic heterocycles. The highest BCUT2D eigenvalue weighted by Crippen LogP contribution is 2.26. The number of rotatable bonds is 6. The van der Waals surface area contributed by atoms with E-state index in [4.69, 9.17) is 5.73 Å². The van der Waals surface area contributed by atoms with E-state index in [9.17, 15) is 10.1 Å². The van der Waals surface area contributed by atoms with E-state index in [0.29, 0.717) is 17.3 Å². The Morgan fingerprint density at radius 2 is 1.92 bits per heavy atom. The van der Waals surface area contributed by atoms with Gasteiger partial charge in [-0.05, 0) is 48.2 Å². The first kappa shape index (κ1) is 18.1. The van der Waals surface area contributed by atoms with Gasteiger partial charge in [-0.15, -0.1) is 0 Å². The normalized spacial score (nSPS) is 12.1. The number of nitrogens with one attached hydrogen (secondary N) is 2. The SMILES string of the molecule is CCC(C)c1ccccc1N/C=C(/C#N)C(=O)Nc1ccc(N)cc1. The molecule has 5 heteroatoms. The van der Waals surface area contributed by atoms with E-state index in [0.717, 1.165) is 17.7 Å². The Balaban J connectivity index is 2.14. The summed E-state index contributed by atoms with van der Waals surface area (Å²) in [5.41, 5.74) is 8.85. The van der Waals surface area contributed by atoms with Gasteiger partial charge in [0.05, 0.1) is 0 Å². The molecule has 0 spiro atoms. The molecule has 4 N–H and O–H groups in total. The van der Waals surface area contributed by atoms with Crippen LogP contribution >= 0.6 is 0 Å². The third kappa shape index (κ3) is 4.85. The standard InChI is InChI=1S/C20H22N4O/c1-3-14(2)18-6-4-5-7-19(18)23-13-15(12-21)20(25)24-17-10-8-16(22)9-11-17/h4-11,13-14,23H,3,22H2,1-2H3,(H,24,25)/b15-13-. The quantitative estimate of drug-likeness (QED) is 0.418. The average Bonchev–Trinajstić information content (AvgIpc) is 2.64. The number of hydrogen-bond donors (Lipinski definition) is 3. The maximum atomic E-state index is 12.3. The summed E-state index contributed by atoms with van der Waals surface area (Å²) in [4.78, 5) is 12.3. The maximum absolute atomic E-state index is 12.3. The summed E-state index contributed by atoms with van der Waals surface area (Å²) in [6.45, 7) is 4.27. The number of benzene rings is 2. The number of nitrogen functional groups attached to an aromatic ring is 1. The zero-order valence-corrected chi connectivity index (χ0v) is 14.4. The molecule has 0 aromatic heterocycles. The van der Waals surface area contributed by atoms with Gasteiger partial charge in [-0.1, -0.05) is 32.0 Å². The highest BCUT2D eigenvalue weighted by Gasteiger charge is 2.11. The summed E-state index contributed by atoms with van der Waals surface area (Å²) in [6, 6.07) is 16.6. The monoisotopic (exact) mass is 334 g/mol. The number of para-hydroxylation sites is 1. The Morgan fingerprint density at radius 3 is 2.56 bits per heavy atom. The van der Waals surface area contributed by atoms with Crippen LogP contribution in [0.25, 0.3) is 0 Å². The summed E-state index contributed by atoms with van der Waals surface area (Å²) in [7, 11) is 0. The van der Waals surface area contributed by atoms with Crippen LogP contribution in [0.15, 0.2) is 60.3 Å². The lowest BCUT2D eigenvalue weighted by molar-refractivity contribution is -0.112. The van der Waals surface area contributed by atoms with Crippen LogP contribution in [-0.2, 0) is 4.79 Å². The van der Waals surface area contributed by atoms with E-state index in [-0.39, 0.29) is 5.57 Å². The van der Waals surface area contributed by atoms with Crippen LogP contribution in [0, 0.1) is 11.3 Å². The zero-order valence-electron chi connectivity index (χ0n) is 14.4. The largest absolute Gasteiger partial charge is 0.399 e. The first-order valence-corrected chi connectivity index (χ1v) is 8.17. The molecule has 0 aliphatic rings. The van der Waals surface area contributed by atoms with Crippen LogP contribution in [0.2, 0.25) is 0 Å². The third-order valence-corrected chi connectivity index (χ3v) is 4.01. The molecule has 2 aromatic carbocycles. The lowest BCUT2D eigenvalue weighted by atomic mass is 9.97. The number of hydrogen-bond acceptors (Lipinski definition) is 4. The summed E-state index contributed by atoms with van der Waals surface area (Å²) < 4.78 is 0. The molecule has 0 saturated heterocycles. The fourth-order valence-corrected chi connectivity index (χ4v) is 2.34. The van der Waals surface area contributed by atoms with E-state index in [1.54, 1.807) is 24.3 Å². The number of nitrogens with two attached hydrogens (primary N) is 1. The van der Waals surface area contributed by atoms with Crippen LogP contribution in [0.4, 0.5) is 17.1 Å². The second-order valence-corrected chi connectivity index (χ2v) is 5.79. The molecule has 0 bridgehead atoms. The number of carbonyl (C=O) groups is 1. The van der Waals surface area contributed by atoms with Crippen molar-refractivity contribution in [3.63, 3.8) is 0 Å². The van der Waals surface area contributed by atoms with Crippen molar-refractivity contribution in [2.75, 3.05) is 16.4 Å². The van der Waals surface area contributed by atoms with Gasteiger partial charge >= 0.3 is 0 Å². The summed E-state index contributed by atoms with van der Waals surface area (Å²) in [5.74, 6) is -0.0907. The minimum atomic E-state index is -0.471. The van der Waals surface area contributed by atoms with Gasteiger partial charge in [0.15, 0.2) is 0 Å². The lowest BCUT2D eigenvalue weighted by Gasteiger charge is -2.14. The van der Waals surface area contributed by atoms with E-state index in [1.807, 2.05) is 30.3 Å². The van der Waals surface area contributed by atoms with Gasteiger partial charge in [0, 0.05) is 23.3 Å². The molecule has 1 atom stereocenters. The molecule has 0 heterocycles. The first-order chi connectivity index (χ1) is 12.0. The number of nitriles is 1. The van der Waals surface area contributed by atoms with E-state index < -0.39 is 5.91 Å². The maximum Gasteiger partial charge on any atom is 0.267 e. The molecule has 0 radical (unpaired) electrons. The topological polar surface area (TPSA) is 90.9 Å². The van der Waals surface area contributed by atoms with Crippen LogP contribution in [0.3, 0.4) is 0 Å². The van der Waals surface area contributed by atoms with E-state index in [2.05, 4.69) is 24.5 Å². The molecular formula is C20H22N4O. The molecule has 2 rings (SSSR count). The molecule has 0 aliphatic carbocycles. The number of carbonyl (C=O) groups excluding carboxylic acids is 1. The Bertz CT molecular complexity index is 803. The van der Waals surface area contributed by atoms with Gasteiger partial charge in [0.1, 0.15) is 11.6 Å². The highest BCUT2D eigenvalue weighted by molar-refractivity contribution is 6.06. The van der Waals surface area contributed by atoms with Crippen molar-refractivity contribution >= 4 is 23.0 Å². The van der Waals surface area contributed by atoms with Gasteiger partial charge < -0.3 is 16.4 Å². The van der Waals surface area contributed by atoms with Crippen molar-refractivity contribution in [3.05, 3.63) is 65.9 Å². The van der Waals surface area contributed by atoms with Crippen molar-refractivity contribution in [2.24, 2.45) is 0 Å². The van der Waals surface area contributed by atoms with Crippen molar-refractivity contribution in [3.8, 4) is 6.07 Å². The van der Waals surface area contributed by atoms with Crippen molar-refractivity contribution in [1.82, 2.24) is 0 Å². The Morgan fingerprint density at radius 1 is 1.24 bits per heavy atom. The predicted octanol–water partition coefficient (Wildman–Crippen LogP) is 4.24. The van der Waals surface area contributed by atoms with Crippen molar-refractivity contribution in [1.29, 1.82) is 5.26 Å². The third-order valence-electron chi connectivity index (χ3n) is 4.01. The number of anilines is 3. The number of amides is 1. The van der Waals surface area contributed by atoms with Crippen LogP contribution in [0.1, 0.15) is 31.7 Å². The fourth-order valence-electron chi connectivity index (χ4n) is 2.34. The fraction of sp³-hybridized carbons (Fsp3) is 0.200. The van der Waals surface area contributed by atoms with Crippen LogP contribution in [-0.4, -0.2) is 5.91 Å². The average molecular weight is 334 g/mol. The van der Waals surface area contributed by atoms with Crippen molar-refractivity contribution < 1.29 is 4.79 Å². The highest BCUT2D eigenvalue weighted by atomic mass is 16.1. The summed E-state index contributed by atoms with van der Waals surface area (Å²) >= 11 is 0. The Hall–Kier alpha value is -3.26. The second kappa shape index (κ2) is 8.55. The van der Waals surface area contributed by atoms with Crippen LogP contribution in [0.5, 0.6) is 0 Å². The van der Waals surface area contributed by atoms with Gasteiger partial charge in [-0.25, -0.2) is 0 Å². The number of nitrogens with zero attached hydrogens (tertiary/aromatic N) is 1. The minimum absolute atomic E-state index is 0.00391. The molecule has 25 heavy (non-hydrogen) atoms. The molecular weight excluding hydrogens is 312 g/mol. The van der Waals surface area contributed by atoms with E-state index >= 15 is 0 Å². The first-order valence-electron chi connectivity index (χ1n) is 8.17. The van der Waals surface area contributed by atoms with Crippen molar-refractivity contribution in [2.45, 2.75) is 26.2 Å². The van der Waals surface area contributed by atoms with E-state index in [1.165, 1.54) is 6.20 Å². The predicted molar refractivity (Wildman–Crippen MR) is 102 cm³/mol. The Kier molecular flexibility index (Phi) is 6.19. The summed E-state index contributed by atoms with van der Waals surface area (Å²) in [6.07, 6.45) is 2.44. The molecule has 2 aromatic rings. The second-order valence-electron chi connectivity index (χ2n) is 5.79. The molecule has 1 amide bonds. The zero-order chi connectivity index (χ0) is 18.2. The Labute approximate surface area is 148 Å². The van der Waals surface area contributed by atoms with Gasteiger partial charge in [-0.3, -0.25) is 4.79 Å². The van der Waals surface area contributed by atoms with Gasteiger partial charge in [0.25, 0.3) is 5.91 Å². The molecule has 1 unspecified atom stereocenters. The van der Waals surface area contributed by atoms with Gasteiger partial charge in [0.2, 0.25) is 0 Å². The molecule has 0 saturated carbocycles. The molecule has 5 nitrogen and oxygen atoms in total. The molecule has 0 fully saturated rings. The summed E-state index contributed by atoms with van der Waals surface area (Å²) in [5, 5.41) is 15.1. The smallest absolute Gasteiger partial charge is 0.267 e. The molecule has 128 valence electrons. The van der Waals surface area contributed by atoms with Gasteiger partial charge in [-0.2, -0.15) is 5.26 Å². The van der Waals surface area contributed by atoms with Crippen LogP contribution < -0.4 is 16.4 Å².